The van der Waals surface area contributed by atoms with E-state index in [0.29, 0.717) is 10.8 Å². The molecule has 0 aromatic heterocycles. The summed E-state index contributed by atoms with van der Waals surface area (Å²) < 4.78 is 37.8. The average Bonchev–Trinajstić information content (AvgIpc) is 3.24. The Morgan fingerprint density at radius 2 is 0.679 bits per heavy atom. The van der Waals surface area contributed by atoms with Crippen LogP contribution in [0, 0.1) is 0 Å². The van der Waals surface area contributed by atoms with Gasteiger partial charge in [-0.25, -0.2) is 0 Å². The van der Waals surface area contributed by atoms with Crippen molar-refractivity contribution in [3.05, 3.63) is 182 Å². The maximum Gasteiger partial charge on any atom is 0.359 e. The molecule has 0 bridgehead atoms. The summed E-state index contributed by atoms with van der Waals surface area (Å²) in [4.78, 5) is 22.4. The molecule has 2 unspecified atom stereocenters. The number of fused-ring (bicyclic) bond motifs is 2. The van der Waals surface area contributed by atoms with Crippen molar-refractivity contribution in [1.82, 2.24) is 0 Å². The molecular formula is C46H38O6P4. The fourth-order valence-electron chi connectivity index (χ4n) is 7.28. The summed E-state index contributed by atoms with van der Waals surface area (Å²) in [6, 6.07) is 60.5. The standard InChI is InChI=1S/C46H38O6P4/c1-51-55(47,48)45-29-27-39(41-25-23-37(31-43(41)45)53(33-15-7-3-8-16-33)34-17-9-4-10-18-34)40-28-30-46(56(49,50)52-2)44-32-38(24-26-42(40)44)54(35-19-11-5-12-20-35)36-21-13-6-14-22-36/h3-32H,1-2H3,(H,47,48)(H,49,50). The van der Waals surface area contributed by atoms with Gasteiger partial charge < -0.3 is 18.8 Å². The normalized spacial score (nSPS) is 13.9. The largest absolute Gasteiger partial charge is 0.359 e. The van der Waals surface area contributed by atoms with Gasteiger partial charge in [-0.3, -0.25) is 9.13 Å². The number of hydrogen-bond donors (Lipinski definition) is 2. The number of benzene rings is 8. The van der Waals surface area contributed by atoms with Gasteiger partial charge in [-0.2, -0.15) is 0 Å². The van der Waals surface area contributed by atoms with Gasteiger partial charge >= 0.3 is 15.2 Å². The summed E-state index contributed by atoms with van der Waals surface area (Å²) in [5.41, 5.74) is 1.61. The molecule has 10 heteroatoms. The number of rotatable bonds is 11. The SMILES string of the molecule is COP(=O)(O)c1ccc(-c2ccc(P(=O)(O)OC)c3cc(P(c4ccccc4)c4ccccc4)ccc23)c2ccc(P(c3ccccc3)c3ccccc3)cc12. The van der Waals surface area contributed by atoms with Crippen molar-refractivity contribution in [3.8, 4) is 11.1 Å². The molecule has 0 aliphatic carbocycles. The Kier molecular flexibility index (Phi) is 11.0. The van der Waals surface area contributed by atoms with Crippen molar-refractivity contribution >= 4 is 95.0 Å². The van der Waals surface area contributed by atoms with E-state index in [-0.39, 0.29) is 10.6 Å². The van der Waals surface area contributed by atoms with Crippen LogP contribution in [-0.4, -0.2) is 24.0 Å². The molecule has 2 atom stereocenters. The Hall–Kier alpha value is -4.56. The fraction of sp³-hybridized carbons (Fsp3) is 0.0435. The Morgan fingerprint density at radius 1 is 0.375 bits per heavy atom. The molecule has 56 heavy (non-hydrogen) atoms. The summed E-state index contributed by atoms with van der Waals surface area (Å²) in [7, 11) is -7.96. The van der Waals surface area contributed by atoms with E-state index in [9.17, 15) is 18.9 Å². The second-order valence-electron chi connectivity index (χ2n) is 13.1. The second-order valence-corrected chi connectivity index (χ2v) is 21.4. The summed E-state index contributed by atoms with van der Waals surface area (Å²) in [6.07, 6.45) is 0. The van der Waals surface area contributed by atoms with Gasteiger partial charge in [0.15, 0.2) is 0 Å². The lowest BCUT2D eigenvalue weighted by atomic mass is 9.94. The van der Waals surface area contributed by atoms with E-state index >= 15 is 0 Å². The first-order valence-corrected chi connectivity index (χ1v) is 23.8. The van der Waals surface area contributed by atoms with E-state index in [1.807, 2.05) is 109 Å². The predicted molar refractivity (Wildman–Crippen MR) is 237 cm³/mol. The van der Waals surface area contributed by atoms with Crippen LogP contribution in [-0.2, 0) is 18.2 Å². The van der Waals surface area contributed by atoms with Crippen molar-refractivity contribution in [2.45, 2.75) is 0 Å². The van der Waals surface area contributed by atoms with E-state index in [0.717, 1.165) is 53.7 Å². The summed E-state index contributed by atoms with van der Waals surface area (Å²) in [5.74, 6) is 0. The molecule has 8 aromatic rings. The average molecular weight is 811 g/mol. The molecule has 0 saturated heterocycles. The summed E-state index contributed by atoms with van der Waals surface area (Å²) >= 11 is 0. The molecule has 0 spiro atoms. The van der Waals surface area contributed by atoms with Crippen molar-refractivity contribution in [3.63, 3.8) is 0 Å². The highest BCUT2D eigenvalue weighted by atomic mass is 31.2. The highest BCUT2D eigenvalue weighted by Crippen LogP contribution is 2.47. The molecule has 0 aliphatic heterocycles. The molecule has 0 radical (unpaired) electrons. The molecule has 0 fully saturated rings. The zero-order valence-electron chi connectivity index (χ0n) is 30.6. The highest BCUT2D eigenvalue weighted by molar-refractivity contribution is 7.80. The van der Waals surface area contributed by atoms with E-state index in [4.69, 9.17) is 9.05 Å². The van der Waals surface area contributed by atoms with Crippen molar-refractivity contribution in [2.75, 3.05) is 14.2 Å². The van der Waals surface area contributed by atoms with Crippen molar-refractivity contribution < 1.29 is 28.0 Å². The monoisotopic (exact) mass is 810 g/mol. The fourth-order valence-corrected chi connectivity index (χ4v) is 13.8. The van der Waals surface area contributed by atoms with Crippen molar-refractivity contribution in [2.24, 2.45) is 0 Å². The van der Waals surface area contributed by atoms with Gasteiger partial charge in [-0.1, -0.05) is 158 Å². The molecule has 8 aromatic carbocycles. The van der Waals surface area contributed by atoms with Gasteiger partial charge in [-0.15, -0.1) is 0 Å². The smallest absolute Gasteiger partial charge is 0.321 e. The van der Waals surface area contributed by atoms with Gasteiger partial charge in [0.25, 0.3) is 0 Å². The van der Waals surface area contributed by atoms with Gasteiger partial charge in [-0.05, 0) is 105 Å². The minimum absolute atomic E-state index is 0.204. The second kappa shape index (κ2) is 16.1. The molecule has 0 aliphatic rings. The Bertz CT molecular complexity index is 2490. The van der Waals surface area contributed by atoms with Crippen LogP contribution in [0.15, 0.2) is 182 Å². The van der Waals surface area contributed by atoms with Crippen LogP contribution >= 0.6 is 31.0 Å². The zero-order valence-corrected chi connectivity index (χ0v) is 34.2. The maximum absolute atomic E-state index is 13.7. The summed E-state index contributed by atoms with van der Waals surface area (Å²) in [5, 5.41) is 9.75. The van der Waals surface area contributed by atoms with Gasteiger partial charge in [0.1, 0.15) is 0 Å². The molecule has 2 N–H and O–H groups in total. The van der Waals surface area contributed by atoms with Crippen LogP contribution in [0.1, 0.15) is 0 Å². The quantitative estimate of drug-likeness (QED) is 0.129. The Morgan fingerprint density at radius 3 is 0.964 bits per heavy atom. The lowest BCUT2D eigenvalue weighted by Gasteiger charge is -2.23. The first kappa shape index (κ1) is 38.3. The lowest BCUT2D eigenvalue weighted by molar-refractivity contribution is 0.327. The van der Waals surface area contributed by atoms with Crippen LogP contribution in [0.5, 0.6) is 0 Å². The first-order valence-electron chi connectivity index (χ1n) is 17.9. The molecule has 0 heterocycles. The Labute approximate surface area is 329 Å². The molecule has 0 amide bonds. The predicted octanol–water partition coefficient (Wildman–Crippen LogP) is 8.09. The minimum Gasteiger partial charge on any atom is -0.321 e. The minimum atomic E-state index is -4.21. The molecule has 6 nitrogen and oxygen atoms in total. The molecule has 0 saturated carbocycles. The molecule has 8 rings (SSSR count). The van der Waals surface area contributed by atoms with E-state index in [1.54, 1.807) is 12.1 Å². The Balaban J connectivity index is 1.38. The van der Waals surface area contributed by atoms with Crippen LogP contribution < -0.4 is 42.4 Å². The van der Waals surface area contributed by atoms with Gasteiger partial charge in [0.2, 0.25) is 0 Å². The third kappa shape index (κ3) is 7.37. The van der Waals surface area contributed by atoms with E-state index in [1.165, 1.54) is 14.2 Å². The van der Waals surface area contributed by atoms with Crippen LogP contribution in [0.4, 0.5) is 0 Å². The van der Waals surface area contributed by atoms with Crippen LogP contribution in [0.3, 0.4) is 0 Å². The van der Waals surface area contributed by atoms with Crippen LogP contribution in [0.2, 0.25) is 0 Å². The molecule has 278 valence electrons. The lowest BCUT2D eigenvalue weighted by Crippen LogP contribution is -2.21. The first-order chi connectivity index (χ1) is 27.2. The molecular weight excluding hydrogens is 772 g/mol. The highest BCUT2D eigenvalue weighted by Gasteiger charge is 2.29. The summed E-state index contributed by atoms with van der Waals surface area (Å²) in [6.45, 7) is 0. The number of hydrogen-bond acceptors (Lipinski definition) is 4. The van der Waals surface area contributed by atoms with Gasteiger partial charge in [0, 0.05) is 14.2 Å². The maximum atomic E-state index is 13.7. The topological polar surface area (TPSA) is 93.1 Å². The third-order valence-electron chi connectivity index (χ3n) is 9.92. The van der Waals surface area contributed by atoms with Crippen molar-refractivity contribution in [1.29, 1.82) is 0 Å². The van der Waals surface area contributed by atoms with Crippen LogP contribution in [0.25, 0.3) is 32.7 Å². The van der Waals surface area contributed by atoms with E-state index in [2.05, 4.69) is 60.7 Å². The third-order valence-corrected chi connectivity index (χ3v) is 17.8. The van der Waals surface area contributed by atoms with Gasteiger partial charge in [0.05, 0.1) is 10.6 Å². The van der Waals surface area contributed by atoms with E-state index < -0.39 is 31.0 Å². The zero-order chi connectivity index (χ0) is 38.9.